The number of nitrogen functional groups attached to an aromatic ring is 1. The number of anilines is 3. The Morgan fingerprint density at radius 2 is 2.10 bits per heavy atom. The number of aryl methyl sites for hydroxylation is 1. The number of nitrogens with two attached hydrogens (primary N) is 1. The van der Waals surface area contributed by atoms with Crippen LogP contribution in [0.15, 0.2) is 36.4 Å². The second kappa shape index (κ2) is 6.26. The molecular weight excluding hydrogens is 271 g/mol. The number of para-hydroxylation sites is 1. The molecule has 4 nitrogen and oxygen atoms in total. The molecule has 0 saturated heterocycles. The maximum atomic E-state index is 13.1. The zero-order valence-corrected chi connectivity index (χ0v) is 11.9. The molecule has 0 spiro atoms. The summed E-state index contributed by atoms with van der Waals surface area (Å²) in [5.41, 5.74) is 8.57. The predicted molar refractivity (Wildman–Crippen MR) is 81.2 cm³/mol. The molecule has 2 aromatic rings. The molecule has 0 aliphatic heterocycles. The summed E-state index contributed by atoms with van der Waals surface area (Å²) < 4.78 is 18.2. The van der Waals surface area contributed by atoms with E-state index in [2.05, 4.69) is 5.32 Å². The molecule has 0 unspecified atom stereocenters. The number of nitrogens with one attached hydrogen (secondary N) is 1. The number of ether oxygens (including phenoxy) is 1. The number of benzene rings is 2. The van der Waals surface area contributed by atoms with Gasteiger partial charge in [0.15, 0.2) is 0 Å². The van der Waals surface area contributed by atoms with Gasteiger partial charge in [0.25, 0.3) is 0 Å². The van der Waals surface area contributed by atoms with Gasteiger partial charge in [0, 0.05) is 5.69 Å². The first-order chi connectivity index (χ1) is 10.0. The molecule has 5 heteroatoms. The molecule has 3 N–H and O–H groups in total. The first-order valence-electron chi connectivity index (χ1n) is 6.61. The maximum Gasteiger partial charge on any atom is 0.340 e. The van der Waals surface area contributed by atoms with Gasteiger partial charge in [-0.3, -0.25) is 0 Å². The van der Waals surface area contributed by atoms with Crippen LogP contribution in [0, 0.1) is 12.7 Å². The van der Waals surface area contributed by atoms with Crippen molar-refractivity contribution in [2.24, 2.45) is 0 Å². The lowest BCUT2D eigenvalue weighted by molar-refractivity contribution is 0.0527. The van der Waals surface area contributed by atoms with Crippen LogP contribution >= 0.6 is 0 Å². The SMILES string of the molecule is CCOC(=O)c1cccc(N)c1Nc1ccc(F)cc1C. The van der Waals surface area contributed by atoms with Gasteiger partial charge >= 0.3 is 5.97 Å². The zero-order chi connectivity index (χ0) is 15.4. The minimum Gasteiger partial charge on any atom is -0.462 e. The zero-order valence-electron chi connectivity index (χ0n) is 11.9. The summed E-state index contributed by atoms with van der Waals surface area (Å²) in [6, 6.07) is 9.36. The lowest BCUT2D eigenvalue weighted by Crippen LogP contribution is -2.10. The summed E-state index contributed by atoms with van der Waals surface area (Å²) in [5, 5.41) is 3.08. The van der Waals surface area contributed by atoms with E-state index < -0.39 is 5.97 Å². The number of hydrogen-bond donors (Lipinski definition) is 2. The average Bonchev–Trinajstić information content (AvgIpc) is 2.43. The Labute approximate surface area is 122 Å². The van der Waals surface area contributed by atoms with Gasteiger partial charge in [0.2, 0.25) is 0 Å². The van der Waals surface area contributed by atoms with E-state index in [-0.39, 0.29) is 12.4 Å². The number of carbonyl (C=O) groups is 1. The van der Waals surface area contributed by atoms with Gasteiger partial charge in [-0.2, -0.15) is 0 Å². The van der Waals surface area contributed by atoms with E-state index in [1.54, 1.807) is 38.1 Å². The highest BCUT2D eigenvalue weighted by Gasteiger charge is 2.15. The molecule has 110 valence electrons. The van der Waals surface area contributed by atoms with Gasteiger partial charge in [0.05, 0.1) is 23.5 Å². The van der Waals surface area contributed by atoms with E-state index in [1.165, 1.54) is 12.1 Å². The van der Waals surface area contributed by atoms with Crippen LogP contribution in [-0.2, 0) is 4.74 Å². The highest BCUT2D eigenvalue weighted by molar-refractivity contribution is 6.00. The molecule has 0 atom stereocenters. The Kier molecular flexibility index (Phi) is 4.42. The molecule has 0 heterocycles. The smallest absolute Gasteiger partial charge is 0.340 e. The Balaban J connectivity index is 2.41. The van der Waals surface area contributed by atoms with Crippen LogP contribution in [0.5, 0.6) is 0 Å². The molecule has 21 heavy (non-hydrogen) atoms. The van der Waals surface area contributed by atoms with Crippen molar-refractivity contribution in [1.29, 1.82) is 0 Å². The summed E-state index contributed by atoms with van der Waals surface area (Å²) in [6.45, 7) is 3.79. The van der Waals surface area contributed by atoms with Crippen LogP contribution in [0.4, 0.5) is 21.5 Å². The molecule has 0 bridgehead atoms. The van der Waals surface area contributed by atoms with Crippen LogP contribution in [0.3, 0.4) is 0 Å². The second-order valence-electron chi connectivity index (χ2n) is 4.57. The van der Waals surface area contributed by atoms with E-state index in [0.29, 0.717) is 28.2 Å². The lowest BCUT2D eigenvalue weighted by atomic mass is 10.1. The van der Waals surface area contributed by atoms with Gasteiger partial charge in [-0.05, 0) is 49.7 Å². The third-order valence-electron chi connectivity index (χ3n) is 3.04. The third-order valence-corrected chi connectivity index (χ3v) is 3.04. The van der Waals surface area contributed by atoms with E-state index in [9.17, 15) is 9.18 Å². The molecule has 0 aliphatic carbocycles. The minimum atomic E-state index is -0.452. The minimum absolute atomic E-state index is 0.280. The van der Waals surface area contributed by atoms with Crippen molar-refractivity contribution in [3.05, 3.63) is 53.3 Å². The van der Waals surface area contributed by atoms with Crippen LogP contribution < -0.4 is 11.1 Å². The van der Waals surface area contributed by atoms with Gasteiger partial charge in [-0.15, -0.1) is 0 Å². The Bertz CT molecular complexity index is 671. The predicted octanol–water partition coefficient (Wildman–Crippen LogP) is 3.64. The molecule has 0 amide bonds. The highest BCUT2D eigenvalue weighted by atomic mass is 19.1. The summed E-state index contributed by atoms with van der Waals surface area (Å²) in [7, 11) is 0. The molecule has 0 aromatic heterocycles. The van der Waals surface area contributed by atoms with Gasteiger partial charge in [-0.1, -0.05) is 6.07 Å². The molecule has 2 aromatic carbocycles. The lowest BCUT2D eigenvalue weighted by Gasteiger charge is -2.15. The monoisotopic (exact) mass is 288 g/mol. The fourth-order valence-corrected chi connectivity index (χ4v) is 1.99. The van der Waals surface area contributed by atoms with Gasteiger partial charge < -0.3 is 15.8 Å². The normalized spacial score (nSPS) is 10.2. The van der Waals surface area contributed by atoms with Gasteiger partial charge in [-0.25, -0.2) is 9.18 Å². The summed E-state index contributed by atoms with van der Waals surface area (Å²) in [5.74, 6) is -0.767. The van der Waals surface area contributed by atoms with Crippen molar-refractivity contribution in [3.8, 4) is 0 Å². The average molecular weight is 288 g/mol. The molecular formula is C16H17FN2O2. The van der Waals surface area contributed by atoms with E-state index in [1.807, 2.05) is 0 Å². The molecule has 0 fully saturated rings. The fraction of sp³-hybridized carbons (Fsp3) is 0.188. The van der Waals surface area contributed by atoms with Crippen molar-refractivity contribution >= 4 is 23.0 Å². The van der Waals surface area contributed by atoms with Crippen molar-refractivity contribution in [1.82, 2.24) is 0 Å². The first-order valence-corrected chi connectivity index (χ1v) is 6.61. The third kappa shape index (κ3) is 3.31. The number of esters is 1. The van der Waals surface area contributed by atoms with E-state index >= 15 is 0 Å². The highest BCUT2D eigenvalue weighted by Crippen LogP contribution is 2.29. The van der Waals surface area contributed by atoms with Crippen LogP contribution in [0.2, 0.25) is 0 Å². The Morgan fingerprint density at radius 3 is 2.76 bits per heavy atom. The Hall–Kier alpha value is -2.56. The van der Waals surface area contributed by atoms with Crippen molar-refractivity contribution < 1.29 is 13.9 Å². The van der Waals surface area contributed by atoms with Crippen LogP contribution in [-0.4, -0.2) is 12.6 Å². The number of carbonyl (C=O) groups excluding carboxylic acids is 1. The second-order valence-corrected chi connectivity index (χ2v) is 4.57. The maximum absolute atomic E-state index is 13.1. The van der Waals surface area contributed by atoms with Gasteiger partial charge in [0.1, 0.15) is 5.82 Å². The first kappa shape index (κ1) is 14.8. The summed E-state index contributed by atoms with van der Waals surface area (Å²) >= 11 is 0. The molecule has 2 rings (SSSR count). The number of rotatable bonds is 4. The summed E-state index contributed by atoms with van der Waals surface area (Å²) in [4.78, 5) is 12.0. The molecule has 0 radical (unpaired) electrons. The van der Waals surface area contributed by atoms with Crippen molar-refractivity contribution in [2.75, 3.05) is 17.7 Å². The quantitative estimate of drug-likeness (QED) is 0.666. The van der Waals surface area contributed by atoms with E-state index in [0.717, 1.165) is 0 Å². The standard InChI is InChI=1S/C16H17FN2O2/c1-3-21-16(20)12-5-4-6-13(18)15(12)19-14-8-7-11(17)9-10(14)2/h4-9,19H,3,18H2,1-2H3. The Morgan fingerprint density at radius 1 is 1.33 bits per heavy atom. The fourth-order valence-electron chi connectivity index (χ4n) is 1.99. The van der Waals surface area contributed by atoms with E-state index in [4.69, 9.17) is 10.5 Å². The van der Waals surface area contributed by atoms with Crippen molar-refractivity contribution in [2.45, 2.75) is 13.8 Å². The molecule has 0 aliphatic rings. The largest absolute Gasteiger partial charge is 0.462 e. The van der Waals surface area contributed by atoms with Crippen LogP contribution in [0.25, 0.3) is 0 Å². The van der Waals surface area contributed by atoms with Crippen LogP contribution in [0.1, 0.15) is 22.8 Å². The number of halogens is 1. The summed E-state index contributed by atoms with van der Waals surface area (Å²) in [6.07, 6.45) is 0. The topological polar surface area (TPSA) is 64.3 Å². The number of hydrogen-bond acceptors (Lipinski definition) is 4. The van der Waals surface area contributed by atoms with Crippen molar-refractivity contribution in [3.63, 3.8) is 0 Å². The molecule has 0 saturated carbocycles.